The van der Waals surface area contributed by atoms with Gasteiger partial charge in [-0.1, -0.05) is 17.7 Å². The Bertz CT molecular complexity index is 465. The van der Waals surface area contributed by atoms with Gasteiger partial charge in [0.15, 0.2) is 0 Å². The van der Waals surface area contributed by atoms with Gasteiger partial charge in [0.25, 0.3) is 0 Å². The Labute approximate surface area is 94.5 Å². The third-order valence-electron chi connectivity index (χ3n) is 2.33. The summed E-state index contributed by atoms with van der Waals surface area (Å²) in [5, 5.41) is 8.01. The Morgan fingerprint density at radius 1 is 1.31 bits per heavy atom. The van der Waals surface area contributed by atoms with Gasteiger partial charge in [-0.3, -0.25) is 0 Å². The average molecular weight is 217 g/mol. The van der Waals surface area contributed by atoms with E-state index >= 15 is 0 Å². The van der Waals surface area contributed by atoms with Gasteiger partial charge in [-0.05, 0) is 32.0 Å². The van der Waals surface area contributed by atoms with Gasteiger partial charge in [-0.2, -0.15) is 0 Å². The highest BCUT2D eigenvalue weighted by Crippen LogP contribution is 2.19. The summed E-state index contributed by atoms with van der Waals surface area (Å²) in [6.45, 7) is 2.68. The molecule has 0 saturated carbocycles. The normalized spacial score (nSPS) is 10.6. The summed E-state index contributed by atoms with van der Waals surface area (Å²) < 4.78 is 5.55. The van der Waals surface area contributed by atoms with E-state index in [9.17, 15) is 0 Å². The van der Waals surface area contributed by atoms with Crippen LogP contribution >= 0.6 is 0 Å². The first kappa shape index (κ1) is 10.8. The second-order valence-corrected chi connectivity index (χ2v) is 3.76. The molecule has 1 aromatic carbocycles. The number of aromatic nitrogens is 2. The fraction of sp³-hybridized carbons (Fsp3) is 0.333. The minimum atomic E-state index is 0.579. The first-order valence-corrected chi connectivity index (χ1v) is 5.39. The van der Waals surface area contributed by atoms with Crippen molar-refractivity contribution in [2.24, 2.45) is 5.73 Å². The number of aryl methyl sites for hydroxylation is 2. The van der Waals surface area contributed by atoms with Gasteiger partial charge in [-0.25, -0.2) is 0 Å². The molecule has 2 aromatic rings. The highest BCUT2D eigenvalue weighted by Gasteiger charge is 2.07. The van der Waals surface area contributed by atoms with Gasteiger partial charge in [0.2, 0.25) is 11.8 Å². The highest BCUT2D eigenvalue weighted by molar-refractivity contribution is 5.53. The first-order valence-electron chi connectivity index (χ1n) is 5.39. The molecule has 84 valence electrons. The van der Waals surface area contributed by atoms with Crippen molar-refractivity contribution in [3.8, 4) is 11.5 Å². The molecule has 0 bridgehead atoms. The predicted octanol–water partition coefficient (Wildman–Crippen LogP) is 1.94. The van der Waals surface area contributed by atoms with Gasteiger partial charge < -0.3 is 10.2 Å². The maximum absolute atomic E-state index is 5.55. The van der Waals surface area contributed by atoms with Crippen molar-refractivity contribution in [3.63, 3.8) is 0 Å². The lowest BCUT2D eigenvalue weighted by Gasteiger charge is -1.96. The summed E-state index contributed by atoms with van der Waals surface area (Å²) in [6, 6.07) is 8.01. The summed E-state index contributed by atoms with van der Waals surface area (Å²) in [5.74, 6) is 1.23. The van der Waals surface area contributed by atoms with E-state index in [1.54, 1.807) is 0 Å². The van der Waals surface area contributed by atoms with E-state index in [0.29, 0.717) is 18.3 Å². The Hall–Kier alpha value is -1.68. The predicted molar refractivity (Wildman–Crippen MR) is 61.8 cm³/mol. The third kappa shape index (κ3) is 2.46. The maximum Gasteiger partial charge on any atom is 0.247 e. The van der Waals surface area contributed by atoms with Gasteiger partial charge >= 0.3 is 0 Å². The summed E-state index contributed by atoms with van der Waals surface area (Å²) in [7, 11) is 0. The standard InChI is InChI=1S/C12H15N3O/c1-9-4-2-5-10(8-9)12-15-14-11(16-12)6-3-7-13/h2,4-5,8H,3,6-7,13H2,1H3. The molecule has 2 rings (SSSR count). The van der Waals surface area contributed by atoms with Crippen LogP contribution in [0.15, 0.2) is 28.7 Å². The Morgan fingerprint density at radius 3 is 2.94 bits per heavy atom. The Morgan fingerprint density at radius 2 is 2.19 bits per heavy atom. The van der Waals surface area contributed by atoms with E-state index in [1.807, 2.05) is 31.2 Å². The molecular formula is C12H15N3O. The van der Waals surface area contributed by atoms with Gasteiger partial charge in [0.1, 0.15) is 0 Å². The van der Waals surface area contributed by atoms with Crippen molar-refractivity contribution >= 4 is 0 Å². The molecule has 0 aliphatic carbocycles. The number of rotatable bonds is 4. The van der Waals surface area contributed by atoms with Crippen molar-refractivity contribution < 1.29 is 4.42 Å². The molecule has 0 spiro atoms. The summed E-state index contributed by atoms with van der Waals surface area (Å²) in [5.41, 5.74) is 7.57. The molecule has 0 aliphatic rings. The number of hydrogen-bond donors (Lipinski definition) is 1. The smallest absolute Gasteiger partial charge is 0.247 e. The number of benzene rings is 1. The zero-order valence-corrected chi connectivity index (χ0v) is 9.31. The van der Waals surface area contributed by atoms with E-state index in [0.717, 1.165) is 18.4 Å². The van der Waals surface area contributed by atoms with E-state index < -0.39 is 0 Å². The van der Waals surface area contributed by atoms with Crippen LogP contribution in [-0.2, 0) is 6.42 Å². The fourth-order valence-corrected chi connectivity index (χ4v) is 1.50. The van der Waals surface area contributed by atoms with Gasteiger partial charge in [-0.15, -0.1) is 10.2 Å². The van der Waals surface area contributed by atoms with Crippen LogP contribution in [0, 0.1) is 6.92 Å². The summed E-state index contributed by atoms with van der Waals surface area (Å²) in [6.07, 6.45) is 1.62. The second kappa shape index (κ2) is 4.90. The van der Waals surface area contributed by atoms with Crippen molar-refractivity contribution in [2.45, 2.75) is 19.8 Å². The lowest BCUT2D eigenvalue weighted by molar-refractivity contribution is 0.499. The molecule has 0 saturated heterocycles. The topological polar surface area (TPSA) is 64.9 Å². The number of nitrogens with zero attached hydrogens (tertiary/aromatic N) is 2. The molecule has 0 radical (unpaired) electrons. The molecule has 1 heterocycles. The van der Waals surface area contributed by atoms with Crippen LogP contribution in [0.3, 0.4) is 0 Å². The second-order valence-electron chi connectivity index (χ2n) is 3.76. The molecule has 0 fully saturated rings. The molecule has 4 nitrogen and oxygen atoms in total. The van der Waals surface area contributed by atoms with Crippen LogP contribution < -0.4 is 5.73 Å². The fourth-order valence-electron chi connectivity index (χ4n) is 1.50. The van der Waals surface area contributed by atoms with Crippen molar-refractivity contribution in [2.75, 3.05) is 6.54 Å². The minimum Gasteiger partial charge on any atom is -0.421 e. The third-order valence-corrected chi connectivity index (χ3v) is 2.33. The lowest BCUT2D eigenvalue weighted by Crippen LogP contribution is -2.00. The van der Waals surface area contributed by atoms with Crippen LogP contribution in [0.4, 0.5) is 0 Å². The van der Waals surface area contributed by atoms with Crippen LogP contribution in [0.5, 0.6) is 0 Å². The number of nitrogens with two attached hydrogens (primary N) is 1. The molecule has 0 unspecified atom stereocenters. The van der Waals surface area contributed by atoms with E-state index in [2.05, 4.69) is 10.2 Å². The van der Waals surface area contributed by atoms with Crippen molar-refractivity contribution in [3.05, 3.63) is 35.7 Å². The summed E-state index contributed by atoms with van der Waals surface area (Å²) in [4.78, 5) is 0. The van der Waals surface area contributed by atoms with E-state index in [1.165, 1.54) is 5.56 Å². The molecule has 16 heavy (non-hydrogen) atoms. The zero-order valence-electron chi connectivity index (χ0n) is 9.31. The van der Waals surface area contributed by atoms with Crippen LogP contribution in [-0.4, -0.2) is 16.7 Å². The monoisotopic (exact) mass is 217 g/mol. The van der Waals surface area contributed by atoms with Crippen LogP contribution in [0.25, 0.3) is 11.5 Å². The van der Waals surface area contributed by atoms with Crippen LogP contribution in [0.2, 0.25) is 0 Å². The molecule has 0 atom stereocenters. The molecule has 4 heteroatoms. The van der Waals surface area contributed by atoms with E-state index in [-0.39, 0.29) is 0 Å². The van der Waals surface area contributed by atoms with Crippen molar-refractivity contribution in [1.82, 2.24) is 10.2 Å². The molecule has 0 amide bonds. The van der Waals surface area contributed by atoms with Crippen LogP contribution in [0.1, 0.15) is 17.9 Å². The minimum absolute atomic E-state index is 0.579. The van der Waals surface area contributed by atoms with Gasteiger partial charge in [0.05, 0.1) is 0 Å². The largest absolute Gasteiger partial charge is 0.421 e. The zero-order chi connectivity index (χ0) is 11.4. The highest BCUT2D eigenvalue weighted by atomic mass is 16.4. The summed E-state index contributed by atoms with van der Waals surface area (Å²) >= 11 is 0. The SMILES string of the molecule is Cc1cccc(-c2nnc(CCCN)o2)c1. The average Bonchev–Trinajstić information content (AvgIpc) is 2.75. The Balaban J connectivity index is 2.18. The number of hydrogen-bond acceptors (Lipinski definition) is 4. The molecule has 2 N–H and O–H groups in total. The first-order chi connectivity index (χ1) is 7.79. The maximum atomic E-state index is 5.55. The molecule has 0 aliphatic heterocycles. The van der Waals surface area contributed by atoms with E-state index in [4.69, 9.17) is 10.2 Å². The Kier molecular flexibility index (Phi) is 3.31. The molecular weight excluding hydrogens is 202 g/mol. The van der Waals surface area contributed by atoms with Gasteiger partial charge in [0, 0.05) is 12.0 Å². The quantitative estimate of drug-likeness (QED) is 0.849. The molecule has 1 aromatic heterocycles. The van der Waals surface area contributed by atoms with Crippen molar-refractivity contribution in [1.29, 1.82) is 0 Å². The lowest BCUT2D eigenvalue weighted by atomic mass is 10.1.